The van der Waals surface area contributed by atoms with Gasteiger partial charge in [0.15, 0.2) is 5.72 Å². The van der Waals surface area contributed by atoms with Crippen molar-refractivity contribution in [2.45, 2.75) is 65.1 Å². The molecule has 3 aliphatic rings. The van der Waals surface area contributed by atoms with Crippen molar-refractivity contribution in [3.8, 4) is 5.75 Å². The second-order valence-corrected chi connectivity index (χ2v) is 9.33. The van der Waals surface area contributed by atoms with Gasteiger partial charge >= 0.3 is 0 Å². The Morgan fingerprint density at radius 2 is 1.90 bits per heavy atom. The summed E-state index contributed by atoms with van der Waals surface area (Å²) >= 11 is 0. The normalized spacial score (nSPS) is 32.3. The molecule has 0 bridgehead atoms. The predicted molar refractivity (Wildman–Crippen MR) is 108 cm³/mol. The number of amides is 3. The van der Waals surface area contributed by atoms with E-state index in [-0.39, 0.29) is 35.6 Å². The lowest BCUT2D eigenvalue weighted by Gasteiger charge is -2.55. The zero-order chi connectivity index (χ0) is 20.9. The first-order chi connectivity index (χ1) is 13.7. The molecule has 2 aliphatic heterocycles. The number of fused-ring (bicyclic) bond motifs is 1. The van der Waals surface area contributed by atoms with Crippen molar-refractivity contribution in [3.63, 3.8) is 0 Å². The van der Waals surface area contributed by atoms with Gasteiger partial charge in [0.2, 0.25) is 11.8 Å². The Balaban J connectivity index is 1.80. The highest BCUT2D eigenvalue weighted by atomic mass is 16.5. The molecule has 1 saturated heterocycles. The van der Waals surface area contributed by atoms with Crippen molar-refractivity contribution in [2.24, 2.45) is 23.7 Å². The fourth-order valence-corrected chi connectivity index (χ4v) is 5.28. The molecule has 6 nitrogen and oxygen atoms in total. The van der Waals surface area contributed by atoms with Gasteiger partial charge in [-0.15, -0.1) is 0 Å². The second kappa shape index (κ2) is 7.15. The van der Waals surface area contributed by atoms with Crippen molar-refractivity contribution < 1.29 is 19.1 Å². The van der Waals surface area contributed by atoms with E-state index in [0.717, 1.165) is 12.8 Å². The summed E-state index contributed by atoms with van der Waals surface area (Å²) in [4.78, 5) is 40.1. The van der Waals surface area contributed by atoms with Crippen LogP contribution in [-0.4, -0.2) is 34.4 Å². The van der Waals surface area contributed by atoms with Crippen molar-refractivity contribution in [2.75, 3.05) is 0 Å². The summed E-state index contributed by atoms with van der Waals surface area (Å²) in [6.07, 6.45) is 2.92. The van der Waals surface area contributed by atoms with Crippen molar-refractivity contribution in [1.29, 1.82) is 0 Å². The Labute approximate surface area is 172 Å². The molecule has 3 amide bonds. The number of nitrogens with zero attached hydrogens (tertiary/aromatic N) is 1. The molecule has 1 aromatic rings. The van der Waals surface area contributed by atoms with E-state index < -0.39 is 11.6 Å². The van der Waals surface area contributed by atoms with Gasteiger partial charge in [-0.3, -0.25) is 14.4 Å². The molecule has 1 aliphatic carbocycles. The third-order valence-electron chi connectivity index (χ3n) is 6.95. The Hall–Kier alpha value is -2.37. The summed E-state index contributed by atoms with van der Waals surface area (Å²) in [6.45, 7) is 8.22. The Bertz CT molecular complexity index is 843. The van der Waals surface area contributed by atoms with E-state index in [4.69, 9.17) is 4.74 Å². The molecule has 2 heterocycles. The van der Waals surface area contributed by atoms with Crippen molar-refractivity contribution >= 4 is 17.7 Å². The number of rotatable bonds is 3. The summed E-state index contributed by atoms with van der Waals surface area (Å²) in [6, 6.07) is 6.97. The van der Waals surface area contributed by atoms with E-state index in [9.17, 15) is 14.4 Å². The number of imide groups is 1. The van der Waals surface area contributed by atoms with Gasteiger partial charge in [0.25, 0.3) is 5.91 Å². The highest BCUT2D eigenvalue weighted by Crippen LogP contribution is 2.49. The van der Waals surface area contributed by atoms with Crippen LogP contribution in [0.2, 0.25) is 0 Å². The fourth-order valence-electron chi connectivity index (χ4n) is 5.28. The number of nitrogens with one attached hydrogen (secondary N) is 1. The van der Waals surface area contributed by atoms with Crippen molar-refractivity contribution in [1.82, 2.24) is 10.2 Å². The molecule has 29 heavy (non-hydrogen) atoms. The molecule has 0 aromatic heterocycles. The number of carbonyl (C=O) groups excluding carboxylic acids is 3. The first-order valence-corrected chi connectivity index (χ1v) is 10.7. The van der Waals surface area contributed by atoms with Crippen LogP contribution >= 0.6 is 0 Å². The molecular weight excluding hydrogens is 368 g/mol. The number of para-hydroxylation sites is 1. The van der Waals surface area contributed by atoms with Gasteiger partial charge in [0.05, 0.1) is 11.5 Å². The summed E-state index contributed by atoms with van der Waals surface area (Å²) in [5, 5.41) is 2.79. The third kappa shape index (κ3) is 3.13. The van der Waals surface area contributed by atoms with Crippen LogP contribution in [0.5, 0.6) is 5.75 Å². The second-order valence-electron chi connectivity index (χ2n) is 9.33. The maximum Gasteiger partial charge on any atom is 0.267 e. The maximum atomic E-state index is 13.7. The minimum Gasteiger partial charge on any atom is -0.466 e. The lowest BCUT2D eigenvalue weighted by atomic mass is 9.69. The Morgan fingerprint density at radius 1 is 1.21 bits per heavy atom. The molecule has 5 atom stereocenters. The lowest BCUT2D eigenvalue weighted by molar-refractivity contribution is -0.180. The first kappa shape index (κ1) is 19.9. The average molecular weight is 399 g/mol. The number of benzene rings is 1. The van der Waals surface area contributed by atoms with Gasteiger partial charge < -0.3 is 10.1 Å². The molecule has 1 aromatic carbocycles. The molecule has 1 N–H and O–H groups in total. The van der Waals surface area contributed by atoms with Gasteiger partial charge in [-0.05, 0) is 36.8 Å². The molecule has 1 saturated carbocycles. The van der Waals surface area contributed by atoms with Crippen LogP contribution in [0.15, 0.2) is 24.3 Å². The van der Waals surface area contributed by atoms with Crippen LogP contribution in [0.3, 0.4) is 0 Å². The van der Waals surface area contributed by atoms with E-state index in [1.165, 1.54) is 4.90 Å². The molecule has 1 spiro atoms. The monoisotopic (exact) mass is 398 g/mol. The van der Waals surface area contributed by atoms with Gasteiger partial charge in [0, 0.05) is 24.8 Å². The van der Waals surface area contributed by atoms with Crippen LogP contribution in [0, 0.1) is 23.7 Å². The molecule has 6 heteroatoms. The summed E-state index contributed by atoms with van der Waals surface area (Å²) in [7, 11) is 0. The van der Waals surface area contributed by atoms with E-state index in [0.29, 0.717) is 30.1 Å². The first-order valence-electron chi connectivity index (χ1n) is 10.7. The molecule has 156 valence electrons. The molecule has 2 fully saturated rings. The van der Waals surface area contributed by atoms with Gasteiger partial charge in [0.1, 0.15) is 5.75 Å². The van der Waals surface area contributed by atoms with E-state index in [2.05, 4.69) is 26.1 Å². The number of ether oxygens (including phenoxy) is 1. The Kier molecular flexibility index (Phi) is 4.91. The Morgan fingerprint density at radius 3 is 2.55 bits per heavy atom. The highest BCUT2D eigenvalue weighted by Gasteiger charge is 2.58. The number of hydrogen-bond donors (Lipinski definition) is 1. The molecule has 0 radical (unpaired) electrons. The summed E-state index contributed by atoms with van der Waals surface area (Å²) in [5.41, 5.74) is -0.548. The minimum atomic E-state index is -0.976. The van der Waals surface area contributed by atoms with Crippen LogP contribution in [-0.2, 0) is 9.59 Å². The van der Waals surface area contributed by atoms with Crippen LogP contribution in [0.1, 0.15) is 63.7 Å². The molecule has 0 unspecified atom stereocenters. The smallest absolute Gasteiger partial charge is 0.267 e. The largest absolute Gasteiger partial charge is 0.466 e. The van der Waals surface area contributed by atoms with Gasteiger partial charge in [-0.1, -0.05) is 39.8 Å². The number of hydrogen-bond acceptors (Lipinski definition) is 4. The fraction of sp³-hybridized carbons (Fsp3) is 0.609. The van der Waals surface area contributed by atoms with Gasteiger partial charge in [-0.25, -0.2) is 4.90 Å². The van der Waals surface area contributed by atoms with Gasteiger partial charge in [-0.2, -0.15) is 0 Å². The zero-order valence-electron chi connectivity index (χ0n) is 17.6. The average Bonchev–Trinajstić information content (AvgIpc) is 2.64. The standard InChI is InChI=1S/C23H30N2O4/c1-13(2)17-10-9-14(3)12-23(17)25(21(27)15(4)18-11-20(26)24-18)22(28)16-7-5-6-8-19(16)29-23/h5-8,13-15,17-18H,9-12H2,1-4H3,(H,24,26)/t14-,15+,17+,18-,23+/m0/s1. The maximum absolute atomic E-state index is 13.7. The predicted octanol–water partition coefficient (Wildman–Crippen LogP) is 3.36. The summed E-state index contributed by atoms with van der Waals surface area (Å²) in [5.74, 6) is 0.152. The summed E-state index contributed by atoms with van der Waals surface area (Å²) < 4.78 is 6.61. The zero-order valence-corrected chi connectivity index (χ0v) is 17.6. The van der Waals surface area contributed by atoms with Crippen LogP contribution in [0.25, 0.3) is 0 Å². The van der Waals surface area contributed by atoms with Crippen LogP contribution < -0.4 is 10.1 Å². The topological polar surface area (TPSA) is 75.7 Å². The quantitative estimate of drug-likeness (QED) is 0.792. The number of β-lactam (4-membered cyclic amide) rings is 1. The lowest BCUT2D eigenvalue weighted by Crippen LogP contribution is -2.69. The van der Waals surface area contributed by atoms with E-state index in [1.807, 2.05) is 12.1 Å². The SMILES string of the molecule is CC(C)[C@H]1CC[C@H](C)C[C@@]12Oc1ccccc1C(=O)N2C(=O)[C@H](C)[C@@H]1CC(=O)N1. The highest BCUT2D eigenvalue weighted by molar-refractivity contribution is 6.08. The van der Waals surface area contributed by atoms with E-state index >= 15 is 0 Å². The van der Waals surface area contributed by atoms with E-state index in [1.54, 1.807) is 19.1 Å². The minimum absolute atomic E-state index is 0.0534. The molecule has 4 rings (SSSR count). The van der Waals surface area contributed by atoms with Crippen LogP contribution in [0.4, 0.5) is 0 Å². The van der Waals surface area contributed by atoms with Crippen molar-refractivity contribution in [3.05, 3.63) is 29.8 Å². The third-order valence-corrected chi connectivity index (χ3v) is 6.95. The number of carbonyl (C=O) groups is 3. The molecular formula is C23H30N2O4.